The van der Waals surface area contributed by atoms with Crippen molar-refractivity contribution in [3.63, 3.8) is 0 Å². The molecule has 29 heavy (non-hydrogen) atoms. The van der Waals surface area contributed by atoms with Gasteiger partial charge in [-0.1, -0.05) is 15.9 Å². The van der Waals surface area contributed by atoms with Gasteiger partial charge in [-0.15, -0.1) is 0 Å². The molecule has 0 spiro atoms. The molecule has 0 fully saturated rings. The lowest BCUT2D eigenvalue weighted by Gasteiger charge is -2.19. The first-order chi connectivity index (χ1) is 13.9. The molecule has 0 aliphatic rings. The zero-order valence-electron chi connectivity index (χ0n) is 17.5. The number of halogens is 1. The highest BCUT2D eigenvalue weighted by Crippen LogP contribution is 2.34. The van der Waals surface area contributed by atoms with Crippen molar-refractivity contribution in [1.82, 2.24) is 5.32 Å². The number of nitrogens with one attached hydrogen (secondary N) is 1. The standard InChI is InChI=1S/C22H28BrNO5/c1-6-28-20-10-15(18(23)13-21(20)29-7-2)11-22(25)24-14(3)17-12-16(26-4)8-9-19(17)27-5/h8-10,12-14H,6-7,11H2,1-5H3,(H,24,25). The maximum Gasteiger partial charge on any atom is 0.224 e. The summed E-state index contributed by atoms with van der Waals surface area (Å²) in [7, 11) is 3.21. The average Bonchev–Trinajstić information content (AvgIpc) is 2.71. The van der Waals surface area contributed by atoms with Crippen LogP contribution in [0.5, 0.6) is 23.0 Å². The minimum atomic E-state index is -0.250. The molecule has 158 valence electrons. The summed E-state index contributed by atoms with van der Waals surface area (Å²) in [6.07, 6.45) is 0.198. The van der Waals surface area contributed by atoms with Crippen LogP contribution in [0.1, 0.15) is 37.9 Å². The average molecular weight is 466 g/mol. The summed E-state index contributed by atoms with van der Waals surface area (Å²) in [5, 5.41) is 3.02. The van der Waals surface area contributed by atoms with Gasteiger partial charge in [-0.25, -0.2) is 0 Å². The number of rotatable bonds is 10. The van der Waals surface area contributed by atoms with E-state index in [0.717, 1.165) is 15.6 Å². The second-order valence-electron chi connectivity index (χ2n) is 6.33. The van der Waals surface area contributed by atoms with Gasteiger partial charge < -0.3 is 24.3 Å². The fourth-order valence-electron chi connectivity index (χ4n) is 2.97. The number of carbonyl (C=O) groups is 1. The van der Waals surface area contributed by atoms with Crippen LogP contribution < -0.4 is 24.3 Å². The smallest absolute Gasteiger partial charge is 0.224 e. The van der Waals surface area contributed by atoms with Crippen LogP contribution in [0.4, 0.5) is 0 Å². The van der Waals surface area contributed by atoms with E-state index in [-0.39, 0.29) is 18.4 Å². The molecular weight excluding hydrogens is 438 g/mol. The number of hydrogen-bond acceptors (Lipinski definition) is 5. The van der Waals surface area contributed by atoms with E-state index in [1.54, 1.807) is 14.2 Å². The summed E-state index contributed by atoms with van der Waals surface area (Å²) in [6, 6.07) is 8.95. The molecule has 1 amide bonds. The number of amides is 1. The predicted molar refractivity (Wildman–Crippen MR) is 116 cm³/mol. The van der Waals surface area contributed by atoms with E-state index in [1.165, 1.54) is 0 Å². The minimum Gasteiger partial charge on any atom is -0.497 e. The van der Waals surface area contributed by atoms with Gasteiger partial charge in [0.1, 0.15) is 11.5 Å². The largest absolute Gasteiger partial charge is 0.497 e. The fraction of sp³-hybridized carbons (Fsp3) is 0.409. The van der Waals surface area contributed by atoms with Crippen LogP contribution in [0.3, 0.4) is 0 Å². The van der Waals surface area contributed by atoms with Crippen molar-refractivity contribution in [2.24, 2.45) is 0 Å². The van der Waals surface area contributed by atoms with Crippen LogP contribution in [0.2, 0.25) is 0 Å². The van der Waals surface area contributed by atoms with Gasteiger partial charge in [-0.2, -0.15) is 0 Å². The van der Waals surface area contributed by atoms with Crippen LogP contribution in [-0.4, -0.2) is 33.3 Å². The Morgan fingerprint density at radius 2 is 1.66 bits per heavy atom. The topological polar surface area (TPSA) is 66.0 Å². The Morgan fingerprint density at radius 1 is 1.00 bits per heavy atom. The third kappa shape index (κ3) is 6.03. The zero-order valence-corrected chi connectivity index (χ0v) is 19.1. The molecule has 0 radical (unpaired) electrons. The highest BCUT2D eigenvalue weighted by molar-refractivity contribution is 9.10. The highest BCUT2D eigenvalue weighted by Gasteiger charge is 2.18. The van der Waals surface area contributed by atoms with Crippen LogP contribution in [-0.2, 0) is 11.2 Å². The Morgan fingerprint density at radius 3 is 2.24 bits per heavy atom. The summed E-state index contributed by atoms with van der Waals surface area (Å²) in [4.78, 5) is 12.7. The number of hydrogen-bond donors (Lipinski definition) is 1. The Bertz CT molecular complexity index is 840. The molecule has 2 aromatic rings. The monoisotopic (exact) mass is 465 g/mol. The maximum atomic E-state index is 12.7. The molecule has 0 saturated heterocycles. The summed E-state index contributed by atoms with van der Waals surface area (Å²) >= 11 is 3.53. The second kappa shape index (κ2) is 11.0. The lowest BCUT2D eigenvalue weighted by Crippen LogP contribution is -2.28. The van der Waals surface area contributed by atoms with Crippen LogP contribution in [0, 0.1) is 0 Å². The number of ether oxygens (including phenoxy) is 4. The third-order valence-corrected chi connectivity index (χ3v) is 5.08. The Balaban J connectivity index is 2.17. The van der Waals surface area contributed by atoms with Gasteiger partial charge in [0.15, 0.2) is 11.5 Å². The van der Waals surface area contributed by atoms with Crippen molar-refractivity contribution < 1.29 is 23.7 Å². The molecule has 0 heterocycles. The number of carbonyl (C=O) groups excluding carboxylic acids is 1. The second-order valence-corrected chi connectivity index (χ2v) is 7.18. The van der Waals surface area contributed by atoms with Crippen molar-refractivity contribution in [2.45, 2.75) is 33.2 Å². The summed E-state index contributed by atoms with van der Waals surface area (Å²) in [5.41, 5.74) is 1.67. The molecule has 2 aromatic carbocycles. The van der Waals surface area contributed by atoms with Gasteiger partial charge in [-0.05, 0) is 56.7 Å². The van der Waals surface area contributed by atoms with Crippen molar-refractivity contribution in [1.29, 1.82) is 0 Å². The van der Waals surface area contributed by atoms with Gasteiger partial charge in [-0.3, -0.25) is 4.79 Å². The summed E-state index contributed by atoms with van der Waals surface area (Å²) in [5.74, 6) is 2.56. The van der Waals surface area contributed by atoms with Gasteiger partial charge in [0.25, 0.3) is 0 Å². The lowest BCUT2D eigenvalue weighted by molar-refractivity contribution is -0.121. The SMILES string of the molecule is CCOc1cc(Br)c(CC(=O)NC(C)c2cc(OC)ccc2OC)cc1OCC. The molecule has 0 saturated carbocycles. The first-order valence-electron chi connectivity index (χ1n) is 9.52. The van der Waals surface area contributed by atoms with E-state index in [9.17, 15) is 4.79 Å². The van der Waals surface area contributed by atoms with E-state index in [1.807, 2.05) is 51.1 Å². The first-order valence-corrected chi connectivity index (χ1v) is 10.3. The van der Waals surface area contributed by atoms with Gasteiger partial charge in [0.05, 0.1) is 39.9 Å². The van der Waals surface area contributed by atoms with Crippen molar-refractivity contribution in [3.05, 3.63) is 45.9 Å². The first kappa shape index (κ1) is 22.9. The molecule has 0 aromatic heterocycles. The number of benzene rings is 2. The molecule has 1 unspecified atom stereocenters. The molecule has 2 rings (SSSR count). The Hall–Kier alpha value is -2.41. The van der Waals surface area contributed by atoms with E-state index in [2.05, 4.69) is 21.2 Å². The van der Waals surface area contributed by atoms with Crippen molar-refractivity contribution in [2.75, 3.05) is 27.4 Å². The van der Waals surface area contributed by atoms with E-state index in [4.69, 9.17) is 18.9 Å². The highest BCUT2D eigenvalue weighted by atomic mass is 79.9. The van der Waals surface area contributed by atoms with Crippen molar-refractivity contribution in [3.8, 4) is 23.0 Å². The van der Waals surface area contributed by atoms with Crippen LogP contribution >= 0.6 is 15.9 Å². The van der Waals surface area contributed by atoms with Crippen LogP contribution in [0.25, 0.3) is 0 Å². The maximum absolute atomic E-state index is 12.7. The molecular formula is C22H28BrNO5. The predicted octanol–water partition coefficient (Wildman–Crippen LogP) is 4.68. The lowest BCUT2D eigenvalue weighted by atomic mass is 10.1. The summed E-state index contributed by atoms with van der Waals surface area (Å²) in [6.45, 7) is 6.78. The van der Waals surface area contributed by atoms with Gasteiger partial charge >= 0.3 is 0 Å². The van der Waals surface area contributed by atoms with Gasteiger partial charge in [0.2, 0.25) is 5.91 Å². The van der Waals surface area contributed by atoms with E-state index < -0.39 is 0 Å². The molecule has 1 atom stereocenters. The molecule has 6 nitrogen and oxygen atoms in total. The quantitative estimate of drug-likeness (QED) is 0.551. The minimum absolute atomic E-state index is 0.116. The normalized spacial score (nSPS) is 11.5. The van der Waals surface area contributed by atoms with Crippen molar-refractivity contribution >= 4 is 21.8 Å². The van der Waals surface area contributed by atoms with E-state index in [0.29, 0.717) is 36.2 Å². The fourth-order valence-corrected chi connectivity index (χ4v) is 3.43. The summed E-state index contributed by atoms with van der Waals surface area (Å²) < 4.78 is 22.8. The Kier molecular flexibility index (Phi) is 8.64. The Labute approximate surface area is 180 Å². The van der Waals surface area contributed by atoms with Gasteiger partial charge in [0, 0.05) is 10.0 Å². The number of methoxy groups -OCH3 is 2. The third-order valence-electron chi connectivity index (χ3n) is 4.34. The van der Waals surface area contributed by atoms with E-state index >= 15 is 0 Å². The molecule has 0 bridgehead atoms. The zero-order chi connectivity index (χ0) is 21.4. The molecule has 0 aliphatic carbocycles. The van der Waals surface area contributed by atoms with Crippen LogP contribution in [0.15, 0.2) is 34.8 Å². The molecule has 7 heteroatoms. The molecule has 0 aliphatic heterocycles. The molecule has 1 N–H and O–H groups in total.